The first-order valence-corrected chi connectivity index (χ1v) is 10.2. The summed E-state index contributed by atoms with van der Waals surface area (Å²) in [4.78, 5) is 19.0. The summed E-state index contributed by atoms with van der Waals surface area (Å²) in [7, 11) is 0. The van der Waals surface area contributed by atoms with Crippen LogP contribution in [0.2, 0.25) is 0 Å². The van der Waals surface area contributed by atoms with Crippen LogP contribution in [0.4, 0.5) is 18.9 Å². The van der Waals surface area contributed by atoms with Gasteiger partial charge < -0.3 is 9.42 Å². The molecule has 1 aromatic carbocycles. The first kappa shape index (κ1) is 20.9. The molecule has 7 nitrogen and oxygen atoms in total. The van der Waals surface area contributed by atoms with Crippen LogP contribution in [0.5, 0.6) is 0 Å². The number of carbonyl (C=O) groups excluding carboxylic acids is 1. The van der Waals surface area contributed by atoms with Crippen LogP contribution < -0.4 is 4.90 Å². The third-order valence-electron chi connectivity index (χ3n) is 5.67. The summed E-state index contributed by atoms with van der Waals surface area (Å²) in [5, 5.41) is 8.43. The predicted octanol–water partition coefficient (Wildman–Crippen LogP) is 5.15. The Balaban J connectivity index is 1.53. The Labute approximate surface area is 186 Å². The molecule has 1 aliphatic heterocycles. The number of anilines is 1. The molecule has 0 saturated carbocycles. The number of rotatable bonds is 3. The van der Waals surface area contributed by atoms with Gasteiger partial charge in [-0.1, -0.05) is 5.16 Å². The van der Waals surface area contributed by atoms with Crippen LogP contribution in [0.3, 0.4) is 0 Å². The number of alkyl halides is 3. The predicted molar refractivity (Wildman–Crippen MR) is 114 cm³/mol. The van der Waals surface area contributed by atoms with Gasteiger partial charge in [-0.05, 0) is 49.7 Å². The molecule has 0 unspecified atom stereocenters. The van der Waals surface area contributed by atoms with Gasteiger partial charge in [-0.3, -0.25) is 14.5 Å². The highest BCUT2D eigenvalue weighted by atomic mass is 19.4. The molecule has 10 heteroatoms. The summed E-state index contributed by atoms with van der Waals surface area (Å²) < 4.78 is 46.6. The number of aryl methyl sites for hydroxylation is 1. The Morgan fingerprint density at radius 1 is 1.15 bits per heavy atom. The van der Waals surface area contributed by atoms with E-state index in [0.717, 1.165) is 11.6 Å². The lowest BCUT2D eigenvalue weighted by atomic mass is 10.0. The molecule has 168 valence electrons. The highest BCUT2D eigenvalue weighted by Crippen LogP contribution is 2.37. The third kappa shape index (κ3) is 3.57. The second-order valence-corrected chi connectivity index (χ2v) is 7.93. The Morgan fingerprint density at radius 2 is 1.97 bits per heavy atom. The number of halogens is 3. The Bertz CT molecular complexity index is 1340. The van der Waals surface area contributed by atoms with Crippen molar-refractivity contribution in [1.82, 2.24) is 19.9 Å². The van der Waals surface area contributed by atoms with Crippen molar-refractivity contribution in [3.63, 3.8) is 0 Å². The first-order chi connectivity index (χ1) is 15.7. The monoisotopic (exact) mass is 453 g/mol. The van der Waals surface area contributed by atoms with Crippen molar-refractivity contribution >= 4 is 11.6 Å². The van der Waals surface area contributed by atoms with Crippen molar-refractivity contribution in [3.8, 4) is 22.6 Å². The lowest BCUT2D eigenvalue weighted by Gasteiger charge is -2.32. The molecule has 0 aliphatic carbocycles. The average molecular weight is 453 g/mol. The molecule has 1 atom stereocenters. The van der Waals surface area contributed by atoms with Crippen molar-refractivity contribution in [3.05, 3.63) is 71.8 Å². The highest BCUT2D eigenvalue weighted by Gasteiger charge is 2.36. The largest absolute Gasteiger partial charge is 0.416 e. The highest BCUT2D eigenvalue weighted by molar-refractivity contribution is 6.09. The van der Waals surface area contributed by atoms with E-state index in [-0.39, 0.29) is 24.1 Å². The number of aromatic nitrogens is 4. The third-order valence-corrected chi connectivity index (χ3v) is 5.67. The van der Waals surface area contributed by atoms with Gasteiger partial charge in [-0.15, -0.1) is 0 Å². The fraction of sp³-hybridized carbons (Fsp3) is 0.217. The van der Waals surface area contributed by atoms with Crippen LogP contribution in [0.1, 0.15) is 34.6 Å². The van der Waals surface area contributed by atoms with E-state index < -0.39 is 11.7 Å². The Morgan fingerprint density at radius 3 is 2.67 bits per heavy atom. The normalized spacial score (nSPS) is 16.2. The minimum atomic E-state index is -4.45. The number of hydrogen-bond acceptors (Lipinski definition) is 5. The van der Waals surface area contributed by atoms with Crippen LogP contribution in [0.15, 0.2) is 59.5 Å². The lowest BCUT2D eigenvalue weighted by Crippen LogP contribution is -2.42. The molecule has 33 heavy (non-hydrogen) atoms. The maximum absolute atomic E-state index is 13.5. The van der Waals surface area contributed by atoms with E-state index in [0.29, 0.717) is 28.4 Å². The van der Waals surface area contributed by atoms with Crippen molar-refractivity contribution in [2.45, 2.75) is 26.1 Å². The van der Waals surface area contributed by atoms with Gasteiger partial charge in [-0.2, -0.15) is 18.3 Å². The summed E-state index contributed by atoms with van der Waals surface area (Å²) >= 11 is 0. The Hall–Kier alpha value is -3.95. The molecule has 0 spiro atoms. The molecule has 5 rings (SSSR count). The molecule has 4 aromatic rings. The molecule has 0 fully saturated rings. The van der Waals surface area contributed by atoms with Crippen LogP contribution in [-0.4, -0.2) is 32.4 Å². The summed E-state index contributed by atoms with van der Waals surface area (Å²) in [6.45, 7) is 3.54. The van der Waals surface area contributed by atoms with Crippen LogP contribution in [0.25, 0.3) is 22.6 Å². The average Bonchev–Trinajstić information content (AvgIpc) is 3.43. The fourth-order valence-corrected chi connectivity index (χ4v) is 4.05. The number of nitrogens with zero attached hydrogens (tertiary/aromatic N) is 5. The quantitative estimate of drug-likeness (QED) is 0.429. The van der Waals surface area contributed by atoms with Crippen molar-refractivity contribution < 1.29 is 22.5 Å². The smallest absolute Gasteiger partial charge is 0.356 e. The van der Waals surface area contributed by atoms with E-state index in [1.807, 2.05) is 13.0 Å². The van der Waals surface area contributed by atoms with Gasteiger partial charge in [0.05, 0.1) is 23.4 Å². The molecule has 0 bridgehead atoms. The SMILES string of the molecule is Cc1cc(N2C[C@H](C)n3ncc(-c4cc(-c5cccnc5)no4)c3C2=O)ccc1C(F)(F)F. The molecule has 0 saturated heterocycles. The first-order valence-electron chi connectivity index (χ1n) is 10.2. The number of hydrogen-bond donors (Lipinski definition) is 0. The van der Waals surface area contributed by atoms with E-state index in [4.69, 9.17) is 4.52 Å². The number of pyridine rings is 1. The summed E-state index contributed by atoms with van der Waals surface area (Å²) in [6.07, 6.45) is 0.387. The number of amides is 1. The minimum Gasteiger partial charge on any atom is -0.356 e. The van der Waals surface area contributed by atoms with Gasteiger partial charge >= 0.3 is 6.18 Å². The van der Waals surface area contributed by atoms with Crippen molar-refractivity contribution in [1.29, 1.82) is 0 Å². The molecule has 3 aromatic heterocycles. The molecule has 4 heterocycles. The molecule has 0 radical (unpaired) electrons. The molecular formula is C23H18F3N5O2. The summed E-state index contributed by atoms with van der Waals surface area (Å²) in [5.74, 6) is -0.0137. The van der Waals surface area contributed by atoms with Crippen LogP contribution >= 0.6 is 0 Å². The second kappa shape index (κ2) is 7.58. The van der Waals surface area contributed by atoms with Crippen molar-refractivity contribution in [2.24, 2.45) is 0 Å². The molecule has 0 N–H and O–H groups in total. The van der Waals surface area contributed by atoms with E-state index in [9.17, 15) is 18.0 Å². The maximum atomic E-state index is 13.5. The zero-order valence-electron chi connectivity index (χ0n) is 17.7. The topological polar surface area (TPSA) is 77.1 Å². The Kier molecular flexibility index (Phi) is 4.80. The standard InChI is InChI=1S/C23H18F3N5O2/c1-13-8-16(5-6-18(13)23(24,25)26)30-12-14(2)31-21(22(30)32)17(11-28-31)20-9-19(29-33-20)15-4-3-7-27-10-15/h3-11,14H,12H2,1-2H3/t14-/m0/s1. The molecular weight excluding hydrogens is 435 g/mol. The van der Waals surface area contributed by atoms with E-state index in [1.165, 1.54) is 24.0 Å². The van der Waals surface area contributed by atoms with Gasteiger partial charge in [0.2, 0.25) is 0 Å². The second-order valence-electron chi connectivity index (χ2n) is 7.93. The van der Waals surface area contributed by atoms with Gasteiger partial charge in [0, 0.05) is 36.3 Å². The van der Waals surface area contributed by atoms with E-state index in [1.54, 1.807) is 35.4 Å². The summed E-state index contributed by atoms with van der Waals surface area (Å²) in [5.41, 5.74) is 1.79. The van der Waals surface area contributed by atoms with E-state index >= 15 is 0 Å². The van der Waals surface area contributed by atoms with Crippen LogP contribution in [-0.2, 0) is 6.18 Å². The fourth-order valence-electron chi connectivity index (χ4n) is 4.05. The van der Waals surface area contributed by atoms with Gasteiger partial charge in [-0.25, -0.2) is 0 Å². The van der Waals surface area contributed by atoms with Gasteiger partial charge in [0.15, 0.2) is 5.76 Å². The number of carbonyl (C=O) groups is 1. The summed E-state index contributed by atoms with van der Waals surface area (Å²) in [6, 6.07) is 8.83. The zero-order valence-corrected chi connectivity index (χ0v) is 17.7. The molecule has 1 amide bonds. The maximum Gasteiger partial charge on any atom is 0.416 e. The number of benzene rings is 1. The number of fused-ring (bicyclic) bond motifs is 1. The van der Waals surface area contributed by atoms with Gasteiger partial charge in [0.1, 0.15) is 11.4 Å². The van der Waals surface area contributed by atoms with Gasteiger partial charge in [0.25, 0.3) is 5.91 Å². The lowest BCUT2D eigenvalue weighted by molar-refractivity contribution is -0.138. The van der Waals surface area contributed by atoms with Crippen molar-refractivity contribution in [2.75, 3.05) is 11.4 Å². The zero-order chi connectivity index (χ0) is 23.3. The molecule has 1 aliphatic rings. The minimum absolute atomic E-state index is 0.0519. The van der Waals surface area contributed by atoms with Crippen LogP contribution in [0, 0.1) is 6.92 Å². The van der Waals surface area contributed by atoms with E-state index in [2.05, 4.69) is 15.2 Å².